The first-order valence-electron chi connectivity index (χ1n) is 10.2. The van der Waals surface area contributed by atoms with E-state index in [4.69, 9.17) is 33.2 Å². The number of halogens is 2. The molecule has 7 heteroatoms. The second-order valence-electron chi connectivity index (χ2n) is 7.83. The van der Waals surface area contributed by atoms with Gasteiger partial charge in [0.15, 0.2) is 0 Å². The Bertz CT molecular complexity index is 1100. The number of fused-ring (bicyclic) bond motifs is 2. The van der Waals surface area contributed by atoms with E-state index >= 15 is 0 Å². The molecule has 1 aromatic carbocycles. The number of hydrogen-bond donors (Lipinski definition) is 1. The number of imidazole rings is 1. The van der Waals surface area contributed by atoms with Crippen molar-refractivity contribution in [2.45, 2.75) is 37.4 Å². The molecule has 5 rings (SSSR count). The quantitative estimate of drug-likeness (QED) is 0.441. The number of nitrogens with one attached hydrogen (secondary N) is 1. The number of hydrogen-bond acceptors (Lipinski definition) is 4. The molecule has 5 nitrogen and oxygen atoms in total. The van der Waals surface area contributed by atoms with Gasteiger partial charge in [-0.3, -0.25) is 4.98 Å². The molecule has 0 bridgehead atoms. The number of nitrogens with zero attached hydrogens (tertiary/aromatic N) is 4. The van der Waals surface area contributed by atoms with Gasteiger partial charge in [-0.25, -0.2) is 4.98 Å². The molecule has 2 aromatic heterocycles. The summed E-state index contributed by atoms with van der Waals surface area (Å²) in [4.78, 5) is 17.2. The van der Waals surface area contributed by atoms with Gasteiger partial charge < -0.3 is 14.8 Å². The van der Waals surface area contributed by atoms with E-state index in [1.165, 1.54) is 5.56 Å². The lowest BCUT2D eigenvalue weighted by Crippen LogP contribution is -2.35. The van der Waals surface area contributed by atoms with Crippen molar-refractivity contribution >= 4 is 34.2 Å². The number of alkyl halides is 1. The first kappa shape index (κ1) is 19.5. The Hall–Kier alpha value is -2.50. The summed E-state index contributed by atoms with van der Waals surface area (Å²) in [5, 5.41) is 0.624. The predicted octanol–water partition coefficient (Wildman–Crippen LogP) is 5.31. The van der Waals surface area contributed by atoms with Crippen LogP contribution in [0.15, 0.2) is 65.6 Å². The molecular weight excluding hydrogens is 417 g/mol. The lowest BCUT2D eigenvalue weighted by molar-refractivity contribution is 0.216. The van der Waals surface area contributed by atoms with Crippen molar-refractivity contribution in [3.05, 3.63) is 82.7 Å². The lowest BCUT2D eigenvalue weighted by Gasteiger charge is -2.39. The third-order valence-electron chi connectivity index (χ3n) is 5.91. The highest BCUT2D eigenvalue weighted by Gasteiger charge is 2.31. The van der Waals surface area contributed by atoms with Crippen LogP contribution in [0, 0.1) is 0 Å². The molecule has 2 unspecified atom stereocenters. The van der Waals surface area contributed by atoms with Crippen molar-refractivity contribution in [1.82, 2.24) is 24.8 Å². The maximum absolute atomic E-state index is 6.57. The van der Waals surface area contributed by atoms with E-state index in [2.05, 4.69) is 16.0 Å². The van der Waals surface area contributed by atoms with Gasteiger partial charge in [-0.15, -0.1) is 0 Å². The molecule has 0 amide bonds. The summed E-state index contributed by atoms with van der Waals surface area (Å²) in [6.45, 7) is 0.620. The van der Waals surface area contributed by atoms with Crippen molar-refractivity contribution < 1.29 is 0 Å². The fourth-order valence-electron chi connectivity index (χ4n) is 4.33. The standard InChI is InChI=1S/C23H23Cl2N5/c1-29-20(24)12-16(13-21(29)25)30(14-22-27-17-8-2-3-9-18(17)28-22)19-10-4-6-15-7-5-11-26-23(15)19/h2-3,5,7-9,11-13,19-20H,4,6,10,14H2,1H3,(H,27,28). The number of likely N-dealkylation sites (N-methyl/N-ethyl adjacent to an activating group) is 1. The number of pyridine rings is 1. The van der Waals surface area contributed by atoms with Crippen LogP contribution in [0.1, 0.15) is 36.0 Å². The summed E-state index contributed by atoms with van der Waals surface area (Å²) in [6.07, 6.45) is 9.12. The lowest BCUT2D eigenvalue weighted by atomic mass is 9.90. The van der Waals surface area contributed by atoms with Gasteiger partial charge in [0.2, 0.25) is 0 Å². The molecule has 2 aliphatic rings. The van der Waals surface area contributed by atoms with Gasteiger partial charge in [0.1, 0.15) is 16.5 Å². The van der Waals surface area contributed by atoms with Crippen molar-refractivity contribution in [2.75, 3.05) is 7.05 Å². The van der Waals surface area contributed by atoms with Crippen LogP contribution >= 0.6 is 23.2 Å². The van der Waals surface area contributed by atoms with Gasteiger partial charge in [-0.2, -0.15) is 0 Å². The van der Waals surface area contributed by atoms with Gasteiger partial charge in [0, 0.05) is 18.9 Å². The normalized spacial score (nSPS) is 21.2. The SMILES string of the molecule is CN1C(Cl)=CC(N(Cc2nc3ccccc3[nH]2)C2CCCc3cccnc32)=CC1Cl. The second kappa shape index (κ2) is 7.97. The Morgan fingerprint density at radius 2 is 2.10 bits per heavy atom. The maximum atomic E-state index is 6.57. The smallest absolute Gasteiger partial charge is 0.126 e. The first-order valence-corrected chi connectivity index (χ1v) is 11.0. The third kappa shape index (κ3) is 3.57. The van der Waals surface area contributed by atoms with E-state index in [9.17, 15) is 0 Å². The number of H-pyrrole nitrogens is 1. The van der Waals surface area contributed by atoms with E-state index in [0.717, 1.165) is 47.5 Å². The molecule has 1 N–H and O–H groups in total. The minimum atomic E-state index is -0.303. The highest BCUT2D eigenvalue weighted by Crippen LogP contribution is 2.38. The van der Waals surface area contributed by atoms with E-state index in [1.807, 2.05) is 60.6 Å². The van der Waals surface area contributed by atoms with Crippen LogP contribution in [-0.2, 0) is 13.0 Å². The highest BCUT2D eigenvalue weighted by atomic mass is 35.5. The fraction of sp³-hybridized carbons (Fsp3) is 0.304. The zero-order valence-corrected chi connectivity index (χ0v) is 18.2. The van der Waals surface area contributed by atoms with Gasteiger partial charge in [-0.1, -0.05) is 41.4 Å². The minimum Gasteiger partial charge on any atom is -0.356 e. The Morgan fingerprint density at radius 3 is 2.93 bits per heavy atom. The van der Waals surface area contributed by atoms with Crippen LogP contribution in [0.3, 0.4) is 0 Å². The minimum absolute atomic E-state index is 0.141. The van der Waals surface area contributed by atoms with Gasteiger partial charge in [0.05, 0.1) is 29.3 Å². The van der Waals surface area contributed by atoms with Gasteiger partial charge in [-0.05, 0) is 55.2 Å². The number of aromatic nitrogens is 3. The van der Waals surface area contributed by atoms with E-state index < -0.39 is 0 Å². The first-order chi connectivity index (χ1) is 14.6. The number of aromatic amines is 1. The van der Waals surface area contributed by atoms with Crippen molar-refractivity contribution in [1.29, 1.82) is 0 Å². The monoisotopic (exact) mass is 439 g/mol. The average molecular weight is 440 g/mol. The number of aryl methyl sites for hydroxylation is 1. The fourth-order valence-corrected chi connectivity index (χ4v) is 4.83. The maximum Gasteiger partial charge on any atom is 0.126 e. The molecule has 154 valence electrons. The average Bonchev–Trinajstić information content (AvgIpc) is 3.18. The molecule has 3 aromatic rings. The topological polar surface area (TPSA) is 48.0 Å². The summed E-state index contributed by atoms with van der Waals surface area (Å²) < 4.78 is 0. The van der Waals surface area contributed by atoms with Crippen molar-refractivity contribution in [3.63, 3.8) is 0 Å². The van der Waals surface area contributed by atoms with Crippen LogP contribution in [0.4, 0.5) is 0 Å². The largest absolute Gasteiger partial charge is 0.356 e. The predicted molar refractivity (Wildman–Crippen MR) is 121 cm³/mol. The molecule has 3 heterocycles. The molecule has 30 heavy (non-hydrogen) atoms. The van der Waals surface area contributed by atoms with Crippen molar-refractivity contribution in [2.24, 2.45) is 0 Å². The van der Waals surface area contributed by atoms with Gasteiger partial charge >= 0.3 is 0 Å². The van der Waals surface area contributed by atoms with Crippen molar-refractivity contribution in [3.8, 4) is 0 Å². The molecule has 0 saturated carbocycles. The van der Waals surface area contributed by atoms with E-state index in [1.54, 1.807) is 0 Å². The van der Waals surface area contributed by atoms with E-state index in [-0.39, 0.29) is 11.5 Å². The summed E-state index contributed by atoms with van der Waals surface area (Å²) in [5.41, 5.74) is 5.15. The van der Waals surface area contributed by atoms with E-state index in [0.29, 0.717) is 11.7 Å². The van der Waals surface area contributed by atoms with Crippen LogP contribution in [0.2, 0.25) is 0 Å². The number of para-hydroxylation sites is 2. The summed E-state index contributed by atoms with van der Waals surface area (Å²) >= 11 is 13.1. The van der Waals surface area contributed by atoms with Crippen LogP contribution < -0.4 is 0 Å². The Balaban J connectivity index is 1.57. The third-order valence-corrected chi connectivity index (χ3v) is 6.71. The van der Waals surface area contributed by atoms with Crippen LogP contribution in [0.25, 0.3) is 11.0 Å². The zero-order chi connectivity index (χ0) is 20.7. The van der Waals surface area contributed by atoms with Gasteiger partial charge in [0.25, 0.3) is 0 Å². The van der Waals surface area contributed by atoms with Crippen LogP contribution in [0.5, 0.6) is 0 Å². The molecule has 0 fully saturated rings. The Kier molecular flexibility index (Phi) is 5.17. The molecule has 0 radical (unpaired) electrons. The Labute approximate surface area is 186 Å². The molecular formula is C23H23Cl2N5. The zero-order valence-electron chi connectivity index (χ0n) is 16.7. The summed E-state index contributed by atoms with van der Waals surface area (Å²) in [5.74, 6) is 0.912. The second-order valence-corrected chi connectivity index (χ2v) is 8.66. The number of rotatable bonds is 4. The number of benzene rings is 1. The molecule has 1 aliphatic carbocycles. The Morgan fingerprint density at radius 1 is 1.23 bits per heavy atom. The summed E-state index contributed by atoms with van der Waals surface area (Å²) in [6, 6.07) is 12.4. The van der Waals surface area contributed by atoms with Crippen LogP contribution in [-0.4, -0.2) is 37.3 Å². The number of allylic oxidation sites excluding steroid dienone is 1. The highest BCUT2D eigenvalue weighted by molar-refractivity contribution is 6.30. The summed E-state index contributed by atoms with van der Waals surface area (Å²) in [7, 11) is 1.89. The molecule has 2 atom stereocenters. The molecule has 0 saturated heterocycles. The molecule has 0 spiro atoms. The molecule has 1 aliphatic heterocycles.